The molecular weight excluding hydrogens is 435 g/mol. The third-order valence-electron chi connectivity index (χ3n) is 3.45. The first-order valence-corrected chi connectivity index (χ1v) is 8.59. The molecule has 2 aromatic rings. The fraction of sp³-hybridized carbons (Fsp3) is 0.167. The van der Waals surface area contributed by atoms with Crippen molar-refractivity contribution in [1.82, 2.24) is 5.32 Å². The number of carboxylic acid groups (broad SMARTS) is 1. The van der Waals surface area contributed by atoms with Crippen molar-refractivity contribution >= 4 is 46.1 Å². The van der Waals surface area contributed by atoms with Crippen LogP contribution in [0.15, 0.2) is 48.5 Å². The van der Waals surface area contributed by atoms with Gasteiger partial charge in [-0.3, -0.25) is 9.59 Å². The largest absolute Gasteiger partial charge is 0.480 e. The molecule has 0 aromatic heterocycles. The third-order valence-corrected chi connectivity index (χ3v) is 4.51. The van der Waals surface area contributed by atoms with Crippen LogP contribution in [0.4, 0.5) is 5.69 Å². The van der Waals surface area contributed by atoms with E-state index in [9.17, 15) is 19.5 Å². The van der Waals surface area contributed by atoms with E-state index in [1.807, 2.05) is 24.3 Å². The molecular formula is C18H17IN2O4. The number of amides is 2. The van der Waals surface area contributed by atoms with Gasteiger partial charge in [0, 0.05) is 28.2 Å². The summed E-state index contributed by atoms with van der Waals surface area (Å²) in [6.45, 7) is 1.39. The summed E-state index contributed by atoms with van der Waals surface area (Å²) in [5.74, 6) is -1.78. The Labute approximate surface area is 158 Å². The minimum absolute atomic E-state index is 0.199. The highest BCUT2D eigenvalue weighted by Gasteiger charge is 2.22. The van der Waals surface area contributed by atoms with Gasteiger partial charge in [-0.1, -0.05) is 18.2 Å². The second-order valence-corrected chi connectivity index (χ2v) is 6.58. The molecule has 0 fully saturated rings. The number of rotatable bonds is 6. The van der Waals surface area contributed by atoms with Gasteiger partial charge in [0.1, 0.15) is 6.04 Å². The van der Waals surface area contributed by atoms with Crippen LogP contribution in [0.2, 0.25) is 0 Å². The number of anilines is 1. The lowest BCUT2D eigenvalue weighted by Gasteiger charge is -2.15. The van der Waals surface area contributed by atoms with E-state index in [0.717, 1.165) is 9.13 Å². The molecule has 0 spiro atoms. The van der Waals surface area contributed by atoms with Crippen molar-refractivity contribution in [2.45, 2.75) is 19.4 Å². The summed E-state index contributed by atoms with van der Waals surface area (Å²) in [4.78, 5) is 34.8. The van der Waals surface area contributed by atoms with Crippen molar-refractivity contribution in [3.8, 4) is 0 Å². The zero-order valence-corrected chi connectivity index (χ0v) is 15.6. The first-order valence-electron chi connectivity index (χ1n) is 7.51. The van der Waals surface area contributed by atoms with Gasteiger partial charge in [-0.15, -0.1) is 0 Å². The number of carbonyl (C=O) groups excluding carboxylic acids is 2. The molecule has 130 valence electrons. The van der Waals surface area contributed by atoms with Crippen LogP contribution in [0.1, 0.15) is 22.8 Å². The van der Waals surface area contributed by atoms with Crippen molar-refractivity contribution in [2.75, 3.05) is 5.32 Å². The Morgan fingerprint density at radius 3 is 2.28 bits per heavy atom. The molecule has 2 aromatic carbocycles. The Hall–Kier alpha value is -2.42. The highest BCUT2D eigenvalue weighted by Crippen LogP contribution is 2.14. The summed E-state index contributed by atoms with van der Waals surface area (Å²) in [5.41, 5.74) is 1.75. The molecule has 0 aliphatic heterocycles. The topological polar surface area (TPSA) is 95.5 Å². The normalized spacial score (nSPS) is 11.4. The quantitative estimate of drug-likeness (QED) is 0.588. The van der Waals surface area contributed by atoms with Crippen molar-refractivity contribution in [2.24, 2.45) is 0 Å². The predicted octanol–water partition coefficient (Wildman–Crippen LogP) is 2.68. The minimum atomic E-state index is -1.09. The van der Waals surface area contributed by atoms with Crippen molar-refractivity contribution in [1.29, 1.82) is 0 Å². The SMILES string of the molecule is CC(=O)Nc1ccc(C(=O)N[C@@H](Cc2ccccc2I)C(=O)O)cc1. The number of benzene rings is 2. The molecule has 3 N–H and O–H groups in total. The van der Waals surface area contributed by atoms with Crippen LogP contribution in [0, 0.1) is 3.57 Å². The van der Waals surface area contributed by atoms with Crippen LogP contribution in [-0.2, 0) is 16.0 Å². The zero-order chi connectivity index (χ0) is 18.4. The maximum Gasteiger partial charge on any atom is 0.326 e. The van der Waals surface area contributed by atoms with Gasteiger partial charge in [0.05, 0.1) is 0 Å². The molecule has 0 unspecified atom stereocenters. The molecule has 7 heteroatoms. The summed E-state index contributed by atoms with van der Waals surface area (Å²) < 4.78 is 0.945. The van der Waals surface area contributed by atoms with Gasteiger partial charge in [0.15, 0.2) is 0 Å². The van der Waals surface area contributed by atoms with Crippen molar-refractivity contribution in [3.63, 3.8) is 0 Å². The van der Waals surface area contributed by atoms with Crippen molar-refractivity contribution < 1.29 is 19.5 Å². The standard InChI is InChI=1S/C18H17IN2O4/c1-11(22)20-14-8-6-12(7-9-14)17(23)21-16(18(24)25)10-13-4-2-3-5-15(13)19/h2-9,16H,10H2,1H3,(H,20,22)(H,21,23)(H,24,25)/t16-/m0/s1. The number of halogens is 1. The molecule has 0 radical (unpaired) electrons. The van der Waals surface area contributed by atoms with E-state index < -0.39 is 17.9 Å². The second-order valence-electron chi connectivity index (χ2n) is 5.42. The summed E-state index contributed by atoms with van der Waals surface area (Å²) in [5, 5.41) is 14.5. The van der Waals surface area contributed by atoms with E-state index in [-0.39, 0.29) is 12.3 Å². The van der Waals surface area contributed by atoms with Gasteiger partial charge in [-0.05, 0) is 58.5 Å². The summed E-state index contributed by atoms with van der Waals surface area (Å²) >= 11 is 2.14. The Balaban J connectivity index is 2.08. The highest BCUT2D eigenvalue weighted by atomic mass is 127. The predicted molar refractivity (Wildman–Crippen MR) is 102 cm³/mol. The number of aliphatic carboxylic acids is 1. The Kier molecular flexibility index (Phi) is 6.51. The molecule has 2 amide bonds. The lowest BCUT2D eigenvalue weighted by Crippen LogP contribution is -2.42. The van der Waals surface area contributed by atoms with Crippen LogP contribution in [0.3, 0.4) is 0 Å². The van der Waals surface area contributed by atoms with E-state index in [2.05, 4.69) is 33.2 Å². The van der Waals surface area contributed by atoms with E-state index in [1.54, 1.807) is 12.1 Å². The molecule has 6 nitrogen and oxygen atoms in total. The van der Waals surface area contributed by atoms with Gasteiger partial charge in [-0.2, -0.15) is 0 Å². The second kappa shape index (κ2) is 8.61. The van der Waals surface area contributed by atoms with E-state index in [1.165, 1.54) is 19.1 Å². The monoisotopic (exact) mass is 452 g/mol. The number of hydrogen-bond donors (Lipinski definition) is 3. The van der Waals surface area contributed by atoms with Gasteiger partial charge in [-0.25, -0.2) is 4.79 Å². The van der Waals surface area contributed by atoms with Crippen LogP contribution in [-0.4, -0.2) is 28.9 Å². The number of carboxylic acids is 1. The molecule has 0 aliphatic rings. The zero-order valence-electron chi connectivity index (χ0n) is 13.5. The lowest BCUT2D eigenvalue weighted by molar-refractivity contribution is -0.139. The fourth-order valence-corrected chi connectivity index (χ4v) is 2.84. The van der Waals surface area contributed by atoms with Crippen LogP contribution < -0.4 is 10.6 Å². The molecule has 25 heavy (non-hydrogen) atoms. The molecule has 0 heterocycles. The molecule has 0 bridgehead atoms. The minimum Gasteiger partial charge on any atom is -0.480 e. The summed E-state index contributed by atoms with van der Waals surface area (Å²) in [7, 11) is 0. The van der Waals surface area contributed by atoms with Gasteiger partial charge in [0.2, 0.25) is 5.91 Å². The molecule has 0 saturated heterocycles. The maximum absolute atomic E-state index is 12.3. The van der Waals surface area contributed by atoms with Crippen molar-refractivity contribution in [3.05, 3.63) is 63.2 Å². The fourth-order valence-electron chi connectivity index (χ4n) is 2.23. The number of nitrogens with one attached hydrogen (secondary N) is 2. The number of carbonyl (C=O) groups is 3. The Morgan fingerprint density at radius 2 is 1.72 bits per heavy atom. The van der Waals surface area contributed by atoms with E-state index in [0.29, 0.717) is 11.3 Å². The Morgan fingerprint density at radius 1 is 1.08 bits per heavy atom. The first kappa shape index (κ1) is 18.9. The van der Waals surface area contributed by atoms with E-state index >= 15 is 0 Å². The average molecular weight is 452 g/mol. The lowest BCUT2D eigenvalue weighted by atomic mass is 10.1. The first-order chi connectivity index (χ1) is 11.9. The highest BCUT2D eigenvalue weighted by molar-refractivity contribution is 14.1. The molecule has 2 rings (SSSR count). The summed E-state index contributed by atoms with van der Waals surface area (Å²) in [6.07, 6.45) is 0.199. The molecule has 1 atom stereocenters. The van der Waals surface area contributed by atoms with Gasteiger partial charge >= 0.3 is 5.97 Å². The maximum atomic E-state index is 12.3. The molecule has 0 saturated carbocycles. The van der Waals surface area contributed by atoms with Crippen LogP contribution in [0.25, 0.3) is 0 Å². The summed E-state index contributed by atoms with van der Waals surface area (Å²) in [6, 6.07) is 12.6. The van der Waals surface area contributed by atoms with Gasteiger partial charge < -0.3 is 15.7 Å². The van der Waals surface area contributed by atoms with E-state index in [4.69, 9.17) is 0 Å². The van der Waals surface area contributed by atoms with Crippen LogP contribution >= 0.6 is 22.6 Å². The Bertz CT molecular complexity index is 790. The third kappa shape index (κ3) is 5.56. The smallest absolute Gasteiger partial charge is 0.326 e. The van der Waals surface area contributed by atoms with Crippen LogP contribution in [0.5, 0.6) is 0 Å². The molecule has 0 aliphatic carbocycles. The average Bonchev–Trinajstić information content (AvgIpc) is 2.56. The van der Waals surface area contributed by atoms with Gasteiger partial charge in [0.25, 0.3) is 5.91 Å². The number of hydrogen-bond acceptors (Lipinski definition) is 3.